The summed E-state index contributed by atoms with van der Waals surface area (Å²) < 4.78 is 12.8. The molecule has 31 heavy (non-hydrogen) atoms. The van der Waals surface area contributed by atoms with Crippen LogP contribution in [-0.4, -0.2) is 56.0 Å². The number of benzene rings is 1. The number of aromatic nitrogens is 4. The quantitative estimate of drug-likeness (QED) is 0.486. The molecule has 2 aromatic heterocycles. The Morgan fingerprint density at radius 2 is 2.16 bits per heavy atom. The number of nitrogens with zero attached hydrogens (tertiary/aromatic N) is 3. The summed E-state index contributed by atoms with van der Waals surface area (Å²) in [7, 11) is 0. The molecule has 0 aliphatic carbocycles. The maximum atomic E-state index is 12.4. The van der Waals surface area contributed by atoms with Crippen LogP contribution in [0.5, 0.6) is 0 Å². The summed E-state index contributed by atoms with van der Waals surface area (Å²) in [6.45, 7) is 4.65. The molecule has 1 aromatic carbocycles. The van der Waals surface area contributed by atoms with Gasteiger partial charge in [0, 0.05) is 13.0 Å². The SMILES string of the molecule is CC(C)CNc1nc2c(ncn2[C@H]2C[C@H](O)[C@@H](COC(=O)c3ccccc3)O2)c(=O)[nH]1. The first-order valence-electron chi connectivity index (χ1n) is 10.2. The van der Waals surface area contributed by atoms with Crippen LogP contribution in [0, 0.1) is 5.92 Å². The van der Waals surface area contributed by atoms with E-state index in [0.29, 0.717) is 29.6 Å². The third kappa shape index (κ3) is 4.59. The third-order valence-corrected chi connectivity index (χ3v) is 5.01. The van der Waals surface area contributed by atoms with Crippen LogP contribution in [0.4, 0.5) is 5.95 Å². The molecule has 10 nitrogen and oxygen atoms in total. The predicted molar refractivity (Wildman–Crippen MR) is 113 cm³/mol. The fraction of sp³-hybridized carbons (Fsp3) is 0.429. The Labute approximate surface area is 178 Å². The van der Waals surface area contributed by atoms with Crippen molar-refractivity contribution in [1.29, 1.82) is 0 Å². The highest BCUT2D eigenvalue weighted by atomic mass is 16.6. The molecule has 4 rings (SSSR count). The van der Waals surface area contributed by atoms with E-state index >= 15 is 0 Å². The van der Waals surface area contributed by atoms with Crippen LogP contribution in [0.3, 0.4) is 0 Å². The van der Waals surface area contributed by atoms with Gasteiger partial charge in [0.15, 0.2) is 11.2 Å². The maximum absolute atomic E-state index is 12.4. The molecule has 0 amide bonds. The van der Waals surface area contributed by atoms with Gasteiger partial charge in [0.05, 0.1) is 18.0 Å². The van der Waals surface area contributed by atoms with E-state index < -0.39 is 24.4 Å². The molecular weight excluding hydrogens is 402 g/mol. The Balaban J connectivity index is 1.47. The van der Waals surface area contributed by atoms with Gasteiger partial charge in [0.2, 0.25) is 5.95 Å². The Morgan fingerprint density at radius 1 is 1.39 bits per heavy atom. The molecular formula is C21H25N5O5. The smallest absolute Gasteiger partial charge is 0.338 e. The van der Waals surface area contributed by atoms with Crippen molar-refractivity contribution in [2.45, 2.75) is 38.7 Å². The number of fused-ring (bicyclic) bond motifs is 1. The average Bonchev–Trinajstić information content (AvgIpc) is 3.34. The van der Waals surface area contributed by atoms with E-state index in [1.807, 2.05) is 19.9 Å². The minimum Gasteiger partial charge on any atom is -0.459 e. The summed E-state index contributed by atoms with van der Waals surface area (Å²) in [6, 6.07) is 8.61. The first kappa shape index (κ1) is 21.0. The second-order valence-electron chi connectivity index (χ2n) is 7.91. The lowest BCUT2D eigenvalue weighted by molar-refractivity contribution is -0.0509. The molecule has 0 saturated carbocycles. The van der Waals surface area contributed by atoms with E-state index in [2.05, 4.69) is 20.3 Å². The standard InChI is InChI=1S/C21H25N5O5/c1-12(2)9-22-21-24-18-17(19(28)25-21)23-11-26(18)16-8-14(27)15(31-16)10-30-20(29)13-6-4-3-5-7-13/h3-7,11-12,14-16,27H,8-10H2,1-2H3,(H2,22,24,25,28)/t14-,15+,16+/m0/s1. The highest BCUT2D eigenvalue weighted by molar-refractivity contribution is 5.89. The van der Waals surface area contributed by atoms with E-state index in [4.69, 9.17) is 9.47 Å². The number of anilines is 1. The fourth-order valence-corrected chi connectivity index (χ4v) is 3.37. The summed E-state index contributed by atoms with van der Waals surface area (Å²) in [5.41, 5.74) is 0.611. The van der Waals surface area contributed by atoms with Gasteiger partial charge in [0.25, 0.3) is 5.56 Å². The van der Waals surface area contributed by atoms with E-state index in [9.17, 15) is 14.7 Å². The summed E-state index contributed by atoms with van der Waals surface area (Å²) in [4.78, 5) is 35.8. The van der Waals surface area contributed by atoms with Crippen molar-refractivity contribution in [3.63, 3.8) is 0 Å². The number of aromatic amines is 1. The molecule has 164 valence electrons. The van der Waals surface area contributed by atoms with Crippen molar-refractivity contribution < 1.29 is 19.4 Å². The number of carbonyl (C=O) groups excluding carboxylic acids is 1. The minimum absolute atomic E-state index is 0.0900. The molecule has 3 aromatic rings. The number of rotatable bonds is 7. The van der Waals surface area contributed by atoms with Crippen molar-refractivity contribution >= 4 is 23.1 Å². The summed E-state index contributed by atoms with van der Waals surface area (Å²) in [5, 5.41) is 13.5. The predicted octanol–water partition coefficient (Wildman–Crippen LogP) is 1.69. The molecule has 0 unspecified atom stereocenters. The highest BCUT2D eigenvalue weighted by Gasteiger charge is 2.37. The second kappa shape index (κ2) is 8.86. The largest absolute Gasteiger partial charge is 0.459 e. The second-order valence-corrected chi connectivity index (χ2v) is 7.91. The number of aliphatic hydroxyl groups is 1. The fourth-order valence-electron chi connectivity index (χ4n) is 3.37. The van der Waals surface area contributed by atoms with Gasteiger partial charge in [-0.3, -0.25) is 14.3 Å². The number of nitrogens with one attached hydrogen (secondary N) is 2. The summed E-state index contributed by atoms with van der Waals surface area (Å²) >= 11 is 0. The van der Waals surface area contributed by atoms with Crippen molar-refractivity contribution in [3.8, 4) is 0 Å². The number of hydrogen-bond acceptors (Lipinski definition) is 8. The summed E-state index contributed by atoms with van der Waals surface area (Å²) in [6.07, 6.45) is -0.410. The van der Waals surface area contributed by atoms with Crippen LogP contribution in [0.1, 0.15) is 36.9 Å². The minimum atomic E-state index is -0.841. The van der Waals surface area contributed by atoms with Gasteiger partial charge in [-0.25, -0.2) is 9.78 Å². The van der Waals surface area contributed by atoms with Crippen LogP contribution in [-0.2, 0) is 9.47 Å². The molecule has 10 heteroatoms. The molecule has 0 spiro atoms. The highest BCUT2D eigenvalue weighted by Crippen LogP contribution is 2.30. The topological polar surface area (TPSA) is 131 Å². The van der Waals surface area contributed by atoms with Crippen molar-refractivity contribution in [3.05, 3.63) is 52.6 Å². The monoisotopic (exact) mass is 427 g/mol. The Morgan fingerprint density at radius 3 is 2.90 bits per heavy atom. The van der Waals surface area contributed by atoms with E-state index in [1.54, 1.807) is 28.8 Å². The van der Waals surface area contributed by atoms with E-state index in [1.165, 1.54) is 6.33 Å². The number of H-pyrrole nitrogens is 1. The van der Waals surface area contributed by atoms with Crippen molar-refractivity contribution in [1.82, 2.24) is 19.5 Å². The Bertz CT molecular complexity index is 1110. The lowest BCUT2D eigenvalue weighted by Crippen LogP contribution is -2.28. The van der Waals surface area contributed by atoms with Gasteiger partial charge in [-0.15, -0.1) is 0 Å². The molecule has 3 atom stereocenters. The van der Waals surface area contributed by atoms with Crippen LogP contribution in [0.15, 0.2) is 41.5 Å². The van der Waals surface area contributed by atoms with Crippen LogP contribution < -0.4 is 10.9 Å². The van der Waals surface area contributed by atoms with E-state index in [0.717, 1.165) is 0 Å². The number of carbonyl (C=O) groups is 1. The molecule has 0 bridgehead atoms. The average molecular weight is 427 g/mol. The Hall–Kier alpha value is -3.24. The van der Waals surface area contributed by atoms with Gasteiger partial charge in [-0.05, 0) is 18.1 Å². The zero-order valence-electron chi connectivity index (χ0n) is 17.3. The lowest BCUT2D eigenvalue weighted by atomic mass is 10.2. The van der Waals surface area contributed by atoms with Crippen molar-refractivity contribution in [2.24, 2.45) is 5.92 Å². The van der Waals surface area contributed by atoms with E-state index in [-0.39, 0.29) is 24.1 Å². The van der Waals surface area contributed by atoms with Gasteiger partial charge < -0.3 is 19.9 Å². The zero-order chi connectivity index (χ0) is 22.0. The first-order valence-corrected chi connectivity index (χ1v) is 10.2. The molecule has 1 saturated heterocycles. The zero-order valence-corrected chi connectivity index (χ0v) is 17.3. The summed E-state index contributed by atoms with van der Waals surface area (Å²) in [5.74, 6) is 0.236. The third-order valence-electron chi connectivity index (χ3n) is 5.01. The molecule has 1 aliphatic rings. The van der Waals surface area contributed by atoms with Gasteiger partial charge in [-0.2, -0.15) is 4.98 Å². The van der Waals surface area contributed by atoms with Gasteiger partial charge >= 0.3 is 5.97 Å². The number of ether oxygens (including phenoxy) is 2. The lowest BCUT2D eigenvalue weighted by Gasteiger charge is -2.16. The first-order chi connectivity index (χ1) is 14.9. The van der Waals surface area contributed by atoms with Crippen molar-refractivity contribution in [2.75, 3.05) is 18.5 Å². The van der Waals surface area contributed by atoms with Crippen LogP contribution >= 0.6 is 0 Å². The molecule has 1 aliphatic heterocycles. The number of aliphatic hydroxyl groups excluding tert-OH is 1. The van der Waals surface area contributed by atoms with Gasteiger partial charge in [0.1, 0.15) is 18.9 Å². The van der Waals surface area contributed by atoms with Gasteiger partial charge in [-0.1, -0.05) is 32.0 Å². The normalized spacial score (nSPS) is 21.0. The number of esters is 1. The molecule has 1 fully saturated rings. The van der Waals surface area contributed by atoms with Crippen LogP contribution in [0.25, 0.3) is 11.2 Å². The maximum Gasteiger partial charge on any atom is 0.338 e. The molecule has 3 N–H and O–H groups in total. The number of imidazole rings is 1. The molecule has 3 heterocycles. The van der Waals surface area contributed by atoms with Crippen LogP contribution in [0.2, 0.25) is 0 Å². The Kier molecular flexibility index (Phi) is 6.01. The number of hydrogen-bond donors (Lipinski definition) is 3. The molecule has 0 radical (unpaired) electrons.